The molecule has 8 heteroatoms. The third-order valence-electron chi connectivity index (χ3n) is 5.06. The number of hydrogen-bond acceptors (Lipinski definition) is 3. The Balaban J connectivity index is 1.79. The summed E-state index contributed by atoms with van der Waals surface area (Å²) < 4.78 is 38.8. The number of imide groups is 1. The fraction of sp³-hybridized carbons (Fsp3) is 0.0833. The number of alkyl halides is 3. The van der Waals surface area contributed by atoms with Gasteiger partial charge in [0.05, 0.1) is 16.8 Å². The van der Waals surface area contributed by atoms with E-state index in [0.717, 1.165) is 34.7 Å². The molecule has 2 amide bonds. The van der Waals surface area contributed by atoms with Crippen LogP contribution < -0.4 is 10.2 Å². The van der Waals surface area contributed by atoms with Crippen molar-refractivity contribution in [2.24, 2.45) is 0 Å². The van der Waals surface area contributed by atoms with Crippen molar-refractivity contribution >= 4 is 40.4 Å². The molecule has 4 rings (SSSR count). The van der Waals surface area contributed by atoms with Crippen LogP contribution in [0.3, 0.4) is 0 Å². The second kappa shape index (κ2) is 8.16. The van der Waals surface area contributed by atoms with E-state index in [9.17, 15) is 22.8 Å². The minimum Gasteiger partial charge on any atom is -0.350 e. The van der Waals surface area contributed by atoms with Crippen LogP contribution >= 0.6 is 11.6 Å². The first-order valence-electron chi connectivity index (χ1n) is 9.56. The highest BCUT2D eigenvalue weighted by Crippen LogP contribution is 2.36. The fourth-order valence-electron chi connectivity index (χ4n) is 3.42. The normalized spacial score (nSPS) is 14.3. The largest absolute Gasteiger partial charge is 0.416 e. The molecular formula is C24H16ClF3N2O2. The van der Waals surface area contributed by atoms with Gasteiger partial charge in [-0.25, -0.2) is 4.90 Å². The van der Waals surface area contributed by atoms with Gasteiger partial charge in [0.1, 0.15) is 5.70 Å². The van der Waals surface area contributed by atoms with E-state index < -0.39 is 23.6 Å². The van der Waals surface area contributed by atoms with Gasteiger partial charge < -0.3 is 5.32 Å². The molecule has 0 fully saturated rings. The van der Waals surface area contributed by atoms with Gasteiger partial charge in [0.15, 0.2) is 0 Å². The number of benzene rings is 3. The van der Waals surface area contributed by atoms with Crippen LogP contribution in [0, 0.1) is 6.92 Å². The zero-order valence-electron chi connectivity index (χ0n) is 16.7. The number of amides is 2. The number of carbonyl (C=O) groups excluding carboxylic acids is 2. The first kappa shape index (κ1) is 21.6. The molecule has 1 N–H and O–H groups in total. The molecule has 0 aromatic heterocycles. The van der Waals surface area contributed by atoms with E-state index in [1.54, 1.807) is 48.5 Å². The smallest absolute Gasteiger partial charge is 0.350 e. The number of hydrogen-bond donors (Lipinski definition) is 1. The van der Waals surface area contributed by atoms with E-state index in [1.807, 2.05) is 6.92 Å². The molecule has 1 heterocycles. The van der Waals surface area contributed by atoms with Crippen molar-refractivity contribution in [2.75, 3.05) is 10.2 Å². The molecule has 0 bridgehead atoms. The number of carbonyl (C=O) groups is 2. The average Bonchev–Trinajstić information content (AvgIpc) is 3.00. The Kier molecular flexibility index (Phi) is 5.52. The van der Waals surface area contributed by atoms with Crippen LogP contribution in [0.1, 0.15) is 16.7 Å². The van der Waals surface area contributed by atoms with Gasteiger partial charge in [0, 0.05) is 10.7 Å². The number of rotatable bonds is 4. The van der Waals surface area contributed by atoms with Crippen molar-refractivity contribution in [1.82, 2.24) is 0 Å². The lowest BCUT2D eigenvalue weighted by Crippen LogP contribution is -2.32. The summed E-state index contributed by atoms with van der Waals surface area (Å²) in [5, 5.41) is 3.46. The maximum Gasteiger partial charge on any atom is 0.416 e. The molecular weight excluding hydrogens is 441 g/mol. The number of anilines is 2. The first-order chi connectivity index (χ1) is 15.2. The van der Waals surface area contributed by atoms with Crippen LogP contribution in [0.25, 0.3) is 5.57 Å². The SMILES string of the molecule is Cc1ccc(Cl)cc1NC1=C(c2ccccc2)C(=O)N(c2ccc(C(F)(F)F)cc2)C1=O. The molecule has 0 radical (unpaired) electrons. The standard InChI is InChI=1S/C24H16ClF3N2O2/c1-14-7-10-17(25)13-19(14)29-21-20(15-5-3-2-4-6-15)22(31)30(23(21)32)18-11-8-16(9-12-18)24(26,27)28/h2-13,29H,1H3. The zero-order valence-corrected chi connectivity index (χ0v) is 17.5. The second-order valence-electron chi connectivity index (χ2n) is 7.19. The molecule has 32 heavy (non-hydrogen) atoms. The Labute approximate surface area is 186 Å². The third kappa shape index (κ3) is 3.99. The zero-order chi connectivity index (χ0) is 23.0. The average molecular weight is 457 g/mol. The monoisotopic (exact) mass is 456 g/mol. The molecule has 0 saturated carbocycles. The number of nitrogens with zero attached hydrogens (tertiary/aromatic N) is 1. The van der Waals surface area contributed by atoms with Gasteiger partial charge >= 0.3 is 6.18 Å². The van der Waals surface area contributed by atoms with Crippen molar-refractivity contribution in [2.45, 2.75) is 13.1 Å². The summed E-state index contributed by atoms with van der Waals surface area (Å²) in [6.45, 7) is 1.82. The van der Waals surface area contributed by atoms with Crippen LogP contribution in [-0.2, 0) is 15.8 Å². The van der Waals surface area contributed by atoms with E-state index in [-0.39, 0.29) is 17.0 Å². The van der Waals surface area contributed by atoms with Crippen LogP contribution in [0.5, 0.6) is 0 Å². The van der Waals surface area contributed by atoms with E-state index in [0.29, 0.717) is 16.3 Å². The van der Waals surface area contributed by atoms with Gasteiger partial charge in [-0.3, -0.25) is 9.59 Å². The maximum atomic E-state index is 13.3. The second-order valence-corrected chi connectivity index (χ2v) is 7.63. The van der Waals surface area contributed by atoms with Crippen molar-refractivity contribution in [3.63, 3.8) is 0 Å². The summed E-state index contributed by atoms with van der Waals surface area (Å²) in [5.41, 5.74) is 1.15. The van der Waals surface area contributed by atoms with Gasteiger partial charge in [-0.1, -0.05) is 48.0 Å². The Morgan fingerprint density at radius 2 is 1.53 bits per heavy atom. The maximum absolute atomic E-state index is 13.3. The molecule has 0 atom stereocenters. The van der Waals surface area contributed by atoms with Crippen LogP contribution in [0.2, 0.25) is 5.02 Å². The summed E-state index contributed by atoms with van der Waals surface area (Å²) in [4.78, 5) is 27.5. The highest BCUT2D eigenvalue weighted by atomic mass is 35.5. The molecule has 3 aromatic rings. The Morgan fingerprint density at radius 1 is 0.875 bits per heavy atom. The molecule has 1 aliphatic rings. The van der Waals surface area contributed by atoms with Crippen molar-refractivity contribution in [3.8, 4) is 0 Å². The predicted octanol–water partition coefficient (Wildman–Crippen LogP) is 6.06. The van der Waals surface area contributed by atoms with Gasteiger partial charge in [-0.05, 0) is 54.4 Å². The van der Waals surface area contributed by atoms with Crippen molar-refractivity contribution in [1.29, 1.82) is 0 Å². The molecule has 0 unspecified atom stereocenters. The van der Waals surface area contributed by atoms with E-state index in [2.05, 4.69) is 5.32 Å². The minimum absolute atomic E-state index is 0.0199. The van der Waals surface area contributed by atoms with Gasteiger partial charge in [0.2, 0.25) is 0 Å². The quantitative estimate of drug-likeness (QED) is 0.485. The van der Waals surface area contributed by atoms with Gasteiger partial charge in [-0.15, -0.1) is 0 Å². The molecule has 162 valence electrons. The third-order valence-corrected chi connectivity index (χ3v) is 5.29. The van der Waals surface area contributed by atoms with Crippen molar-refractivity contribution in [3.05, 3.63) is 100 Å². The lowest BCUT2D eigenvalue weighted by atomic mass is 10.0. The fourth-order valence-corrected chi connectivity index (χ4v) is 3.59. The summed E-state index contributed by atoms with van der Waals surface area (Å²) in [6.07, 6.45) is -4.53. The van der Waals surface area contributed by atoms with E-state index in [4.69, 9.17) is 11.6 Å². The van der Waals surface area contributed by atoms with E-state index >= 15 is 0 Å². The minimum atomic E-state index is -4.53. The van der Waals surface area contributed by atoms with Gasteiger partial charge in [-0.2, -0.15) is 13.2 Å². The van der Waals surface area contributed by atoms with Crippen LogP contribution in [0.15, 0.2) is 78.5 Å². The molecule has 0 saturated heterocycles. The molecule has 0 spiro atoms. The molecule has 3 aromatic carbocycles. The van der Waals surface area contributed by atoms with Crippen LogP contribution in [-0.4, -0.2) is 11.8 Å². The topological polar surface area (TPSA) is 49.4 Å². The number of aryl methyl sites for hydroxylation is 1. The first-order valence-corrected chi connectivity index (χ1v) is 9.93. The predicted molar refractivity (Wildman–Crippen MR) is 117 cm³/mol. The summed E-state index contributed by atoms with van der Waals surface area (Å²) >= 11 is 6.09. The Hall–Kier alpha value is -3.58. The molecule has 1 aliphatic heterocycles. The van der Waals surface area contributed by atoms with Crippen LogP contribution in [0.4, 0.5) is 24.5 Å². The van der Waals surface area contributed by atoms with Crippen molar-refractivity contribution < 1.29 is 22.8 Å². The number of halogens is 4. The summed E-state index contributed by atoms with van der Waals surface area (Å²) in [5.74, 6) is -1.31. The lowest BCUT2D eigenvalue weighted by molar-refractivity contribution is -0.137. The summed E-state index contributed by atoms with van der Waals surface area (Å²) in [6, 6.07) is 17.6. The number of nitrogens with one attached hydrogen (secondary N) is 1. The molecule has 0 aliphatic carbocycles. The highest BCUT2D eigenvalue weighted by molar-refractivity contribution is 6.46. The molecule has 4 nitrogen and oxygen atoms in total. The summed E-state index contributed by atoms with van der Waals surface area (Å²) in [7, 11) is 0. The lowest BCUT2D eigenvalue weighted by Gasteiger charge is -2.17. The Morgan fingerprint density at radius 3 is 2.16 bits per heavy atom. The van der Waals surface area contributed by atoms with Gasteiger partial charge in [0.25, 0.3) is 11.8 Å². The Bertz CT molecular complexity index is 1240. The highest BCUT2D eigenvalue weighted by Gasteiger charge is 2.40. The van der Waals surface area contributed by atoms with E-state index in [1.165, 1.54) is 0 Å².